The predicted molar refractivity (Wildman–Crippen MR) is 106 cm³/mol. The van der Waals surface area contributed by atoms with Crippen LogP contribution in [0.5, 0.6) is 0 Å². The van der Waals surface area contributed by atoms with Crippen LogP contribution in [0.2, 0.25) is 0 Å². The van der Waals surface area contributed by atoms with E-state index in [-0.39, 0.29) is 22.2 Å². The first-order valence-electron chi connectivity index (χ1n) is 8.59. The van der Waals surface area contributed by atoms with Crippen molar-refractivity contribution in [2.24, 2.45) is 5.41 Å². The fourth-order valence-corrected chi connectivity index (χ4v) is 3.65. The summed E-state index contributed by atoms with van der Waals surface area (Å²) in [6.07, 6.45) is 0.390. The maximum atomic E-state index is 12.9. The smallest absolute Gasteiger partial charge is 0.328 e. The first-order chi connectivity index (χ1) is 12.0. The Balaban J connectivity index is 3.08. The molecule has 0 heterocycles. The summed E-state index contributed by atoms with van der Waals surface area (Å²) < 4.78 is 4.83. The molecular formula is C20H29NO4S. The van der Waals surface area contributed by atoms with Crippen molar-refractivity contribution < 1.29 is 19.1 Å². The van der Waals surface area contributed by atoms with E-state index < -0.39 is 12.0 Å². The molecule has 0 aliphatic heterocycles. The van der Waals surface area contributed by atoms with Gasteiger partial charge >= 0.3 is 5.97 Å². The molecule has 5 nitrogen and oxygen atoms in total. The monoisotopic (exact) mass is 379 g/mol. The molecule has 0 saturated carbocycles. The van der Waals surface area contributed by atoms with Gasteiger partial charge in [-0.1, -0.05) is 50.7 Å². The molecule has 1 rings (SSSR count). The van der Waals surface area contributed by atoms with Crippen LogP contribution in [0.1, 0.15) is 45.2 Å². The zero-order valence-corrected chi connectivity index (χ0v) is 17.5. The summed E-state index contributed by atoms with van der Waals surface area (Å²) in [5.74, 6) is -0.788. The van der Waals surface area contributed by atoms with E-state index in [0.717, 1.165) is 22.9 Å². The molecule has 0 aliphatic rings. The van der Waals surface area contributed by atoms with Crippen molar-refractivity contribution in [3.8, 4) is 0 Å². The molecule has 0 N–H and O–H groups in total. The normalized spacial score (nSPS) is 12.4. The second kappa shape index (κ2) is 9.21. The van der Waals surface area contributed by atoms with Gasteiger partial charge in [0, 0.05) is 6.42 Å². The Bertz CT molecular complexity index is 659. The number of benzene rings is 1. The van der Waals surface area contributed by atoms with Crippen LogP contribution in [0.25, 0.3) is 0 Å². The number of carbonyl (C=O) groups is 3. The molecule has 1 aromatic rings. The van der Waals surface area contributed by atoms with Gasteiger partial charge in [-0.15, -0.1) is 0 Å². The number of thioether (sulfide) groups is 1. The third-order valence-electron chi connectivity index (χ3n) is 3.91. The van der Waals surface area contributed by atoms with Gasteiger partial charge in [0.2, 0.25) is 5.91 Å². The molecule has 26 heavy (non-hydrogen) atoms. The molecule has 0 radical (unpaired) electrons. The average molecular weight is 380 g/mol. The van der Waals surface area contributed by atoms with Crippen molar-refractivity contribution in [3.05, 3.63) is 29.3 Å². The van der Waals surface area contributed by atoms with Crippen LogP contribution >= 0.6 is 11.8 Å². The first kappa shape index (κ1) is 22.2. The molecule has 6 heteroatoms. The molecule has 0 aliphatic carbocycles. The zero-order valence-electron chi connectivity index (χ0n) is 16.7. The highest BCUT2D eigenvalue weighted by atomic mass is 32.2. The van der Waals surface area contributed by atoms with Crippen molar-refractivity contribution in [2.75, 3.05) is 17.8 Å². The quantitative estimate of drug-likeness (QED) is 0.702. The van der Waals surface area contributed by atoms with E-state index in [2.05, 4.69) is 0 Å². The molecule has 144 valence electrons. The van der Waals surface area contributed by atoms with E-state index >= 15 is 0 Å². The Hall–Kier alpha value is -1.82. The van der Waals surface area contributed by atoms with Gasteiger partial charge in [-0.25, -0.2) is 4.79 Å². The largest absolute Gasteiger partial charge is 0.467 e. The molecule has 0 bridgehead atoms. The Morgan fingerprint density at radius 1 is 1.15 bits per heavy atom. The number of anilines is 1. The maximum Gasteiger partial charge on any atom is 0.328 e. The summed E-state index contributed by atoms with van der Waals surface area (Å²) in [7, 11) is 1.30. The van der Waals surface area contributed by atoms with E-state index in [9.17, 15) is 14.4 Å². The van der Waals surface area contributed by atoms with Gasteiger partial charge in [0.05, 0.1) is 18.6 Å². The van der Waals surface area contributed by atoms with E-state index in [1.54, 1.807) is 6.92 Å². The van der Waals surface area contributed by atoms with E-state index in [1.807, 2.05) is 52.8 Å². The highest BCUT2D eigenvalue weighted by Crippen LogP contribution is 2.28. The minimum atomic E-state index is -0.773. The Labute approximate surface area is 160 Å². The molecule has 0 saturated heterocycles. The van der Waals surface area contributed by atoms with Gasteiger partial charge in [-0.05, 0) is 37.3 Å². The summed E-state index contributed by atoms with van der Waals surface area (Å²) in [4.78, 5) is 38.6. The minimum absolute atomic E-state index is 0.00990. The Morgan fingerprint density at radius 3 is 2.15 bits per heavy atom. The van der Waals surface area contributed by atoms with Crippen molar-refractivity contribution >= 4 is 34.4 Å². The molecule has 0 fully saturated rings. The van der Waals surface area contributed by atoms with Crippen molar-refractivity contribution in [3.63, 3.8) is 0 Å². The number of hydrogen-bond acceptors (Lipinski definition) is 5. The molecule has 1 unspecified atom stereocenters. The molecule has 0 aromatic heterocycles. The van der Waals surface area contributed by atoms with Crippen LogP contribution in [0.15, 0.2) is 18.2 Å². The zero-order chi connectivity index (χ0) is 20.1. The third-order valence-corrected chi connectivity index (χ3v) is 4.77. The highest BCUT2D eigenvalue weighted by molar-refractivity contribution is 8.14. The highest BCUT2D eigenvalue weighted by Gasteiger charge is 2.30. The SMILES string of the molecule is COC(=O)C(C)N(C(=O)CSC(=O)CC(C)(C)C)c1c(C)cccc1C. The number of aryl methyl sites for hydroxylation is 2. The Kier molecular flexibility index (Phi) is 7.87. The second-order valence-electron chi connectivity index (χ2n) is 7.60. The van der Waals surface area contributed by atoms with Crippen LogP contribution < -0.4 is 4.90 Å². The number of carbonyl (C=O) groups excluding carboxylic acids is 3. The second-order valence-corrected chi connectivity index (χ2v) is 8.63. The minimum Gasteiger partial charge on any atom is -0.467 e. The number of para-hydroxylation sites is 1. The summed E-state index contributed by atoms with van der Waals surface area (Å²) in [5.41, 5.74) is 2.35. The van der Waals surface area contributed by atoms with Gasteiger partial charge in [0.25, 0.3) is 0 Å². The number of amides is 1. The fourth-order valence-electron chi connectivity index (χ4n) is 2.69. The number of hydrogen-bond donors (Lipinski definition) is 0. The van der Waals surface area contributed by atoms with Crippen molar-refractivity contribution in [2.45, 2.75) is 54.0 Å². The molecular weight excluding hydrogens is 350 g/mol. The van der Waals surface area contributed by atoms with Gasteiger partial charge in [0.15, 0.2) is 5.12 Å². The third kappa shape index (κ3) is 6.16. The van der Waals surface area contributed by atoms with E-state index in [4.69, 9.17) is 4.74 Å². The lowest BCUT2D eigenvalue weighted by atomic mass is 9.93. The molecule has 1 amide bonds. The summed E-state index contributed by atoms with van der Waals surface area (Å²) in [6, 6.07) is 4.92. The van der Waals surface area contributed by atoms with Gasteiger partial charge in [0.1, 0.15) is 6.04 Å². The first-order valence-corrected chi connectivity index (χ1v) is 9.58. The fraction of sp³-hybridized carbons (Fsp3) is 0.550. The standard InChI is InChI=1S/C20H29NO4S/c1-13-9-8-10-14(2)18(13)21(15(3)19(24)25-7)16(22)12-26-17(23)11-20(4,5)6/h8-10,15H,11-12H2,1-7H3. The van der Waals surface area contributed by atoms with Gasteiger partial charge < -0.3 is 4.74 Å². The van der Waals surface area contributed by atoms with Crippen LogP contribution in [-0.4, -0.2) is 35.9 Å². The number of methoxy groups -OCH3 is 1. The van der Waals surface area contributed by atoms with Crippen molar-refractivity contribution in [1.29, 1.82) is 0 Å². The predicted octanol–water partition coefficient (Wildman–Crippen LogP) is 3.89. The average Bonchev–Trinajstić information content (AvgIpc) is 2.53. The van der Waals surface area contributed by atoms with Gasteiger partial charge in [-0.2, -0.15) is 0 Å². The number of ether oxygens (including phenoxy) is 1. The molecule has 0 spiro atoms. The lowest BCUT2D eigenvalue weighted by Gasteiger charge is -2.30. The lowest BCUT2D eigenvalue weighted by molar-refractivity contribution is -0.142. The lowest BCUT2D eigenvalue weighted by Crippen LogP contribution is -2.45. The van der Waals surface area contributed by atoms with Crippen LogP contribution in [-0.2, 0) is 19.1 Å². The van der Waals surface area contributed by atoms with Crippen LogP contribution in [0.4, 0.5) is 5.69 Å². The number of esters is 1. The summed E-state index contributed by atoms with van der Waals surface area (Å²) in [5, 5.41) is -0.0296. The van der Waals surface area contributed by atoms with Crippen LogP contribution in [0, 0.1) is 19.3 Å². The molecule has 1 aromatic carbocycles. The maximum absolute atomic E-state index is 12.9. The number of nitrogens with zero attached hydrogens (tertiary/aromatic N) is 1. The summed E-state index contributed by atoms with van der Waals surface area (Å²) in [6.45, 7) is 11.4. The summed E-state index contributed by atoms with van der Waals surface area (Å²) >= 11 is 1.00. The van der Waals surface area contributed by atoms with E-state index in [1.165, 1.54) is 12.0 Å². The molecule has 1 atom stereocenters. The van der Waals surface area contributed by atoms with E-state index in [0.29, 0.717) is 12.1 Å². The number of rotatable bonds is 6. The topological polar surface area (TPSA) is 63.7 Å². The van der Waals surface area contributed by atoms with Gasteiger partial charge in [-0.3, -0.25) is 14.5 Å². The Morgan fingerprint density at radius 2 is 1.69 bits per heavy atom. The van der Waals surface area contributed by atoms with Crippen LogP contribution in [0.3, 0.4) is 0 Å². The van der Waals surface area contributed by atoms with Crippen molar-refractivity contribution in [1.82, 2.24) is 0 Å².